The lowest BCUT2D eigenvalue weighted by Gasteiger charge is -2.26. The summed E-state index contributed by atoms with van der Waals surface area (Å²) in [5.41, 5.74) is 1.33. The molecule has 2 aromatic carbocycles. The molecule has 1 fully saturated rings. The number of amides is 1. The lowest BCUT2D eigenvalue weighted by molar-refractivity contribution is -0.118. The number of hydrogen-bond donors (Lipinski definition) is 1. The number of anilines is 1. The van der Waals surface area contributed by atoms with Crippen LogP contribution < -0.4 is 14.8 Å². The fourth-order valence-corrected chi connectivity index (χ4v) is 5.19. The molecule has 0 spiro atoms. The van der Waals surface area contributed by atoms with Crippen molar-refractivity contribution in [3.63, 3.8) is 0 Å². The predicted octanol–water partition coefficient (Wildman–Crippen LogP) is 4.23. The van der Waals surface area contributed by atoms with E-state index in [1.807, 2.05) is 45.0 Å². The van der Waals surface area contributed by atoms with E-state index in [0.717, 1.165) is 31.2 Å². The molecule has 0 bridgehead atoms. The van der Waals surface area contributed by atoms with Crippen molar-refractivity contribution in [3.8, 4) is 11.5 Å². The van der Waals surface area contributed by atoms with E-state index in [9.17, 15) is 13.2 Å². The van der Waals surface area contributed by atoms with Gasteiger partial charge in [0.15, 0.2) is 6.61 Å². The van der Waals surface area contributed by atoms with E-state index in [2.05, 4.69) is 5.32 Å². The lowest BCUT2D eigenvalue weighted by atomic mass is 10.1. The van der Waals surface area contributed by atoms with E-state index in [1.54, 1.807) is 6.07 Å². The van der Waals surface area contributed by atoms with Crippen molar-refractivity contribution in [1.29, 1.82) is 0 Å². The molecule has 0 unspecified atom stereocenters. The molecule has 2 aromatic rings. The molecular formula is C24H32N2O5S. The highest BCUT2D eigenvalue weighted by atomic mass is 32.2. The van der Waals surface area contributed by atoms with Crippen molar-refractivity contribution in [3.05, 3.63) is 48.0 Å². The SMILES string of the molecule is CCc1ccccc1OCC(=O)Nc1cc(S(=O)(=O)N2CCCCC2)ccc1OC(C)C. The van der Waals surface area contributed by atoms with E-state index in [1.165, 1.54) is 16.4 Å². The monoisotopic (exact) mass is 460 g/mol. The van der Waals surface area contributed by atoms with Gasteiger partial charge in [-0.3, -0.25) is 4.79 Å². The average molecular weight is 461 g/mol. The summed E-state index contributed by atoms with van der Waals surface area (Å²) in [6.45, 7) is 6.59. The molecule has 3 rings (SSSR count). The van der Waals surface area contributed by atoms with E-state index in [-0.39, 0.29) is 17.6 Å². The maximum atomic E-state index is 13.1. The van der Waals surface area contributed by atoms with Crippen molar-refractivity contribution in [2.24, 2.45) is 0 Å². The van der Waals surface area contributed by atoms with Gasteiger partial charge in [-0.25, -0.2) is 8.42 Å². The molecule has 1 saturated heterocycles. The van der Waals surface area contributed by atoms with E-state index in [0.29, 0.717) is 30.3 Å². The van der Waals surface area contributed by atoms with Gasteiger partial charge in [-0.1, -0.05) is 31.5 Å². The topological polar surface area (TPSA) is 84.9 Å². The van der Waals surface area contributed by atoms with Crippen LogP contribution in [0.25, 0.3) is 0 Å². The van der Waals surface area contributed by atoms with Crippen molar-refractivity contribution >= 4 is 21.6 Å². The number of sulfonamides is 1. The van der Waals surface area contributed by atoms with Gasteiger partial charge in [-0.2, -0.15) is 4.31 Å². The Morgan fingerprint density at radius 1 is 1.06 bits per heavy atom. The van der Waals surface area contributed by atoms with Crippen molar-refractivity contribution in [1.82, 2.24) is 4.31 Å². The molecule has 0 aliphatic carbocycles. The van der Waals surface area contributed by atoms with Crippen molar-refractivity contribution < 1.29 is 22.7 Å². The first-order valence-corrected chi connectivity index (χ1v) is 12.6. The highest BCUT2D eigenvalue weighted by Crippen LogP contribution is 2.31. The van der Waals surface area contributed by atoms with Crippen molar-refractivity contribution in [2.45, 2.75) is 57.5 Å². The van der Waals surface area contributed by atoms with Crippen molar-refractivity contribution in [2.75, 3.05) is 25.0 Å². The molecule has 1 aliphatic heterocycles. The van der Waals surface area contributed by atoms with Crippen LogP contribution in [0.1, 0.15) is 45.6 Å². The lowest BCUT2D eigenvalue weighted by Crippen LogP contribution is -2.35. The zero-order valence-electron chi connectivity index (χ0n) is 19.0. The second kappa shape index (κ2) is 10.8. The number of ether oxygens (including phenoxy) is 2. The Balaban J connectivity index is 1.79. The van der Waals surface area contributed by atoms with E-state index in [4.69, 9.17) is 9.47 Å². The molecule has 0 aromatic heterocycles. The van der Waals surface area contributed by atoms with Gasteiger partial charge in [0.05, 0.1) is 16.7 Å². The summed E-state index contributed by atoms with van der Waals surface area (Å²) in [6.07, 6.45) is 3.40. The molecule has 32 heavy (non-hydrogen) atoms. The Morgan fingerprint density at radius 3 is 2.47 bits per heavy atom. The molecule has 1 N–H and O–H groups in total. The number of aryl methyl sites for hydroxylation is 1. The van der Waals surface area contributed by atoms with Crippen LogP contribution in [0.5, 0.6) is 11.5 Å². The van der Waals surface area contributed by atoms with Crippen LogP contribution in [0, 0.1) is 0 Å². The molecule has 1 amide bonds. The van der Waals surface area contributed by atoms with E-state index >= 15 is 0 Å². The predicted molar refractivity (Wildman–Crippen MR) is 125 cm³/mol. The highest BCUT2D eigenvalue weighted by Gasteiger charge is 2.27. The number of nitrogens with zero attached hydrogens (tertiary/aromatic N) is 1. The summed E-state index contributed by atoms with van der Waals surface area (Å²) in [5, 5.41) is 2.77. The third-order valence-corrected chi connectivity index (χ3v) is 7.15. The third-order valence-electron chi connectivity index (χ3n) is 5.25. The van der Waals surface area contributed by atoms with Crippen LogP contribution in [0.15, 0.2) is 47.4 Å². The van der Waals surface area contributed by atoms with Crippen LogP contribution in [0.2, 0.25) is 0 Å². The number of hydrogen-bond acceptors (Lipinski definition) is 5. The smallest absolute Gasteiger partial charge is 0.262 e. The third kappa shape index (κ3) is 6.01. The normalized spacial score (nSPS) is 14.9. The summed E-state index contributed by atoms with van der Waals surface area (Å²) in [7, 11) is -3.63. The van der Waals surface area contributed by atoms with Crippen LogP contribution in [-0.2, 0) is 21.2 Å². The first-order valence-electron chi connectivity index (χ1n) is 11.1. The number of rotatable bonds is 9. The molecule has 1 aliphatic rings. The zero-order valence-corrected chi connectivity index (χ0v) is 19.8. The highest BCUT2D eigenvalue weighted by molar-refractivity contribution is 7.89. The number of para-hydroxylation sites is 1. The molecule has 0 radical (unpaired) electrons. The Labute approximate surface area is 190 Å². The molecule has 174 valence electrons. The Bertz CT molecular complexity index is 1030. The molecular weight excluding hydrogens is 428 g/mol. The largest absolute Gasteiger partial charge is 0.489 e. The van der Waals surface area contributed by atoms with Gasteiger partial charge >= 0.3 is 0 Å². The summed E-state index contributed by atoms with van der Waals surface area (Å²) in [5.74, 6) is 0.683. The fraction of sp³-hybridized carbons (Fsp3) is 0.458. The number of benzene rings is 2. The summed E-state index contributed by atoms with van der Waals surface area (Å²) in [6, 6.07) is 12.2. The average Bonchev–Trinajstić information content (AvgIpc) is 2.79. The quantitative estimate of drug-likeness (QED) is 0.605. The minimum atomic E-state index is -3.63. The number of carbonyl (C=O) groups excluding carboxylic acids is 1. The van der Waals surface area contributed by atoms with Gasteiger partial charge in [0.25, 0.3) is 5.91 Å². The summed E-state index contributed by atoms with van der Waals surface area (Å²) < 4.78 is 39.2. The van der Waals surface area contributed by atoms with Crippen LogP contribution in [0.4, 0.5) is 5.69 Å². The Kier molecular flexibility index (Phi) is 8.15. The molecule has 7 nitrogen and oxygen atoms in total. The Morgan fingerprint density at radius 2 is 1.78 bits per heavy atom. The maximum Gasteiger partial charge on any atom is 0.262 e. The first kappa shape index (κ1) is 24.1. The van der Waals surface area contributed by atoms with E-state index < -0.39 is 15.9 Å². The second-order valence-corrected chi connectivity index (χ2v) is 10.0. The van der Waals surface area contributed by atoms with Crippen LogP contribution in [-0.4, -0.2) is 44.4 Å². The zero-order chi connectivity index (χ0) is 23.1. The number of nitrogens with one attached hydrogen (secondary N) is 1. The van der Waals surface area contributed by atoms with Crippen LogP contribution in [0.3, 0.4) is 0 Å². The maximum absolute atomic E-state index is 13.1. The Hall–Kier alpha value is -2.58. The number of piperidine rings is 1. The fourth-order valence-electron chi connectivity index (χ4n) is 3.64. The summed E-state index contributed by atoms with van der Waals surface area (Å²) in [4.78, 5) is 12.8. The molecule has 8 heteroatoms. The van der Waals surface area contributed by atoms with Gasteiger partial charge in [-0.05, 0) is 62.9 Å². The molecule has 0 saturated carbocycles. The van der Waals surface area contributed by atoms with Gasteiger partial charge in [0.1, 0.15) is 11.5 Å². The number of carbonyl (C=O) groups is 1. The van der Waals surface area contributed by atoms with Crippen LogP contribution >= 0.6 is 0 Å². The minimum absolute atomic E-state index is 0.136. The van der Waals surface area contributed by atoms with Gasteiger partial charge < -0.3 is 14.8 Å². The van der Waals surface area contributed by atoms with Gasteiger partial charge in [0, 0.05) is 13.1 Å². The van der Waals surface area contributed by atoms with Gasteiger partial charge in [-0.15, -0.1) is 0 Å². The standard InChI is InChI=1S/C24H32N2O5S/c1-4-19-10-6-7-11-22(19)30-17-24(27)25-21-16-20(12-13-23(21)31-18(2)3)32(28,29)26-14-8-5-9-15-26/h6-7,10-13,16,18H,4-5,8-9,14-15,17H2,1-3H3,(H,25,27). The summed E-state index contributed by atoms with van der Waals surface area (Å²) >= 11 is 0. The first-order chi connectivity index (χ1) is 15.3. The molecule has 1 heterocycles. The molecule has 0 atom stereocenters. The van der Waals surface area contributed by atoms with Gasteiger partial charge in [0.2, 0.25) is 10.0 Å². The minimum Gasteiger partial charge on any atom is -0.489 e. The second-order valence-electron chi connectivity index (χ2n) is 8.09.